The van der Waals surface area contributed by atoms with Crippen LogP contribution in [0.25, 0.3) is 0 Å². The largest absolute Gasteiger partial charge is 1.00 e. The third kappa shape index (κ3) is 12.4. The van der Waals surface area contributed by atoms with E-state index in [4.69, 9.17) is 49.6 Å². The summed E-state index contributed by atoms with van der Waals surface area (Å²) in [4.78, 5) is 33.6. The molecule has 0 saturated heterocycles. The van der Waals surface area contributed by atoms with Crippen LogP contribution in [0.3, 0.4) is 0 Å². The molecule has 4 aliphatic rings. The van der Waals surface area contributed by atoms with Gasteiger partial charge >= 0.3 is 44.8 Å². The molecule has 0 radical (unpaired) electrons. The molecule has 0 aliphatic carbocycles. The van der Waals surface area contributed by atoms with Crippen molar-refractivity contribution in [1.82, 2.24) is 0 Å². The maximum Gasteiger partial charge on any atom is 1.00 e. The van der Waals surface area contributed by atoms with Crippen molar-refractivity contribution in [3.8, 4) is 0 Å². The van der Waals surface area contributed by atoms with Crippen LogP contribution in [0.2, 0.25) is 0 Å². The monoisotopic (exact) mass is 770 g/mol. The Kier molecular flexibility index (Phi) is 16.7. The third-order valence-corrected chi connectivity index (χ3v) is 5.05. The predicted octanol–water partition coefficient (Wildman–Crippen LogP) is 2.00. The van der Waals surface area contributed by atoms with E-state index in [9.17, 15) is 0 Å². The molecule has 6 rings (SSSR count). The van der Waals surface area contributed by atoms with Crippen molar-refractivity contribution in [3.63, 3.8) is 0 Å². The molecule has 0 aromatic heterocycles. The minimum absolute atomic E-state index is 0. The Labute approximate surface area is 270 Å². The minimum atomic E-state index is -1.75. The molecule has 232 valence electrons. The second-order valence-corrected chi connectivity index (χ2v) is 7.75. The summed E-state index contributed by atoms with van der Waals surface area (Å²) in [6.07, 6.45) is 0. The van der Waals surface area contributed by atoms with E-state index in [1.807, 2.05) is 48.5 Å². The number of hydrogen-bond acceptors (Lipinski definition) is 14. The Hall–Kier alpha value is -3.80. The van der Waals surface area contributed by atoms with Gasteiger partial charge in [0.25, 0.3) is 0 Å². The zero-order valence-corrected chi connectivity index (χ0v) is 24.6. The summed E-state index contributed by atoms with van der Waals surface area (Å²) in [6, 6.07) is 15.9. The second kappa shape index (κ2) is 19.3. The molecule has 0 N–H and O–H groups in total. The zero-order valence-electron chi connectivity index (χ0n) is 21.6. The van der Waals surface area contributed by atoms with E-state index in [1.54, 1.807) is 0 Å². The van der Waals surface area contributed by atoms with E-state index >= 15 is 0 Å². The molecule has 0 bridgehead atoms. The van der Waals surface area contributed by atoms with Gasteiger partial charge in [-0.3, -0.25) is 0 Å². The van der Waals surface area contributed by atoms with Gasteiger partial charge in [0.05, 0.1) is 36.4 Å². The molecule has 18 heteroatoms. The smallest absolute Gasteiger partial charge is 0.476 e. The van der Waals surface area contributed by atoms with Crippen LogP contribution in [0, 0.1) is 30.6 Å². The van der Waals surface area contributed by atoms with Gasteiger partial charge in [-0.15, -0.1) is 0 Å². The van der Waals surface area contributed by atoms with Crippen molar-refractivity contribution in [2.45, 2.75) is 0 Å². The number of hydrogen-bond donors (Lipinski definition) is 0. The molecule has 0 unspecified atom stereocenters. The SMILES string of the molecule is O=[N+]([O-])[O-].O=[N+]([O-])[O-].[Ag+].[Ag+].c1cc(C2=NCCO2)cc(C2=NCCO2)c1.c1cc(C2=NCCO2)cc(C2=NCCO2)c1. The maximum absolute atomic E-state index is 8.25. The van der Waals surface area contributed by atoms with Gasteiger partial charge in [0, 0.05) is 22.3 Å². The average Bonchev–Trinajstić information content (AvgIpc) is 3.77. The first-order valence-corrected chi connectivity index (χ1v) is 11.9. The van der Waals surface area contributed by atoms with E-state index in [0.29, 0.717) is 26.4 Å². The van der Waals surface area contributed by atoms with Crippen molar-refractivity contribution in [2.75, 3.05) is 52.6 Å². The summed E-state index contributed by atoms with van der Waals surface area (Å²) >= 11 is 0. The molecule has 2 aromatic rings. The molecular formula is C24H24Ag2N6O10. The van der Waals surface area contributed by atoms with E-state index in [1.165, 1.54) is 0 Å². The standard InChI is InChI=1S/2C12H12N2O2.2Ag.2NO3/c2*1-2-9(11-13-4-6-15-11)8-10(3-1)12-14-5-7-16-12;;;2*2-1(3)4/h2*1-3,8H,4-7H2;;;;/q;;2*+1;2*-1. The maximum atomic E-state index is 8.25. The van der Waals surface area contributed by atoms with Crippen LogP contribution in [0.4, 0.5) is 0 Å². The Balaban J connectivity index is 0.000000324. The Morgan fingerprint density at radius 3 is 0.881 bits per heavy atom. The van der Waals surface area contributed by atoms with Gasteiger partial charge < -0.3 is 49.6 Å². The quantitative estimate of drug-likeness (QED) is 0.250. The van der Waals surface area contributed by atoms with Gasteiger partial charge in [-0.25, -0.2) is 20.0 Å². The third-order valence-electron chi connectivity index (χ3n) is 5.05. The predicted molar refractivity (Wildman–Crippen MR) is 143 cm³/mol. The van der Waals surface area contributed by atoms with Gasteiger partial charge in [-0.2, -0.15) is 0 Å². The van der Waals surface area contributed by atoms with Crippen LogP contribution in [0.1, 0.15) is 22.3 Å². The Morgan fingerprint density at radius 1 is 0.500 bits per heavy atom. The van der Waals surface area contributed by atoms with E-state index in [-0.39, 0.29) is 44.8 Å². The number of benzene rings is 2. The average molecular weight is 772 g/mol. The number of ether oxygens (including phenoxy) is 4. The Morgan fingerprint density at radius 2 is 0.714 bits per heavy atom. The number of rotatable bonds is 4. The summed E-state index contributed by atoms with van der Waals surface area (Å²) < 4.78 is 21.7. The molecule has 0 spiro atoms. The van der Waals surface area contributed by atoms with Crippen molar-refractivity contribution >= 4 is 23.6 Å². The van der Waals surface area contributed by atoms with Gasteiger partial charge in [-0.05, 0) is 36.4 Å². The fourth-order valence-electron chi connectivity index (χ4n) is 3.61. The van der Waals surface area contributed by atoms with E-state index in [0.717, 1.165) is 72.0 Å². The van der Waals surface area contributed by atoms with Crippen LogP contribution in [0.5, 0.6) is 0 Å². The van der Waals surface area contributed by atoms with Crippen molar-refractivity contribution in [2.24, 2.45) is 20.0 Å². The minimum Gasteiger partial charge on any atom is -0.476 e. The topological polar surface area (TPSA) is 219 Å². The van der Waals surface area contributed by atoms with Crippen LogP contribution >= 0.6 is 0 Å². The fourth-order valence-corrected chi connectivity index (χ4v) is 3.61. The van der Waals surface area contributed by atoms with Gasteiger partial charge in [0.2, 0.25) is 23.6 Å². The van der Waals surface area contributed by atoms with Crippen LogP contribution in [0.15, 0.2) is 68.5 Å². The summed E-state index contributed by atoms with van der Waals surface area (Å²) in [6.45, 7) is 5.70. The van der Waals surface area contributed by atoms with E-state index in [2.05, 4.69) is 20.0 Å². The molecule has 0 atom stereocenters. The molecule has 2 aromatic carbocycles. The summed E-state index contributed by atoms with van der Waals surface area (Å²) in [5.41, 5.74) is 3.97. The van der Waals surface area contributed by atoms with Crippen molar-refractivity contribution in [3.05, 3.63) is 101 Å². The van der Waals surface area contributed by atoms with Crippen LogP contribution < -0.4 is 0 Å². The van der Waals surface area contributed by atoms with Gasteiger partial charge in [0.15, 0.2) is 0 Å². The number of aliphatic imine (C=N–C) groups is 4. The Bertz CT molecular complexity index is 1140. The first-order valence-electron chi connectivity index (χ1n) is 11.9. The molecule has 4 aliphatic heterocycles. The van der Waals surface area contributed by atoms with Gasteiger partial charge in [-0.1, -0.05) is 12.1 Å². The molecular weight excluding hydrogens is 748 g/mol. The summed E-state index contributed by atoms with van der Waals surface area (Å²) in [7, 11) is 0. The van der Waals surface area contributed by atoms with Crippen LogP contribution in [-0.2, 0) is 63.7 Å². The normalized spacial score (nSPS) is 15.4. The fraction of sp³-hybridized carbons (Fsp3) is 0.333. The summed E-state index contributed by atoms with van der Waals surface area (Å²) in [5.74, 6) is 2.89. The second-order valence-electron chi connectivity index (χ2n) is 7.75. The zero-order chi connectivity index (χ0) is 28.7. The molecule has 0 fully saturated rings. The van der Waals surface area contributed by atoms with Crippen LogP contribution in [-0.4, -0.2) is 86.4 Å². The first kappa shape index (κ1) is 36.2. The molecule has 0 saturated carbocycles. The molecule has 16 nitrogen and oxygen atoms in total. The number of nitrogens with zero attached hydrogens (tertiary/aromatic N) is 6. The summed E-state index contributed by atoms with van der Waals surface area (Å²) in [5, 5.41) is 29.5. The molecule has 0 amide bonds. The van der Waals surface area contributed by atoms with Crippen molar-refractivity contribution < 1.29 is 73.9 Å². The van der Waals surface area contributed by atoms with E-state index < -0.39 is 10.2 Å². The van der Waals surface area contributed by atoms with Crippen molar-refractivity contribution in [1.29, 1.82) is 0 Å². The van der Waals surface area contributed by atoms with Gasteiger partial charge in [0.1, 0.15) is 26.4 Å². The molecule has 42 heavy (non-hydrogen) atoms. The molecule has 4 heterocycles. The first-order chi connectivity index (χ1) is 19.3.